The number of hydrogen-bond donors (Lipinski definition) is 2. The molecule has 1 heterocycles. The summed E-state index contributed by atoms with van der Waals surface area (Å²) in [7, 11) is 0. The monoisotopic (exact) mass is 256 g/mol. The van der Waals surface area contributed by atoms with E-state index < -0.39 is 5.60 Å². The highest BCUT2D eigenvalue weighted by atomic mass is 16.6. The van der Waals surface area contributed by atoms with Gasteiger partial charge in [-0.2, -0.15) is 0 Å². The fourth-order valence-corrected chi connectivity index (χ4v) is 2.01. The van der Waals surface area contributed by atoms with Gasteiger partial charge in [-0.15, -0.1) is 0 Å². The molecule has 1 rings (SSSR count). The Balaban J connectivity index is 2.56. The minimum absolute atomic E-state index is 0.0914. The van der Waals surface area contributed by atoms with Crippen molar-refractivity contribution in [2.45, 2.75) is 45.8 Å². The Morgan fingerprint density at radius 1 is 1.39 bits per heavy atom. The van der Waals surface area contributed by atoms with Gasteiger partial charge in [0, 0.05) is 13.1 Å². The summed E-state index contributed by atoms with van der Waals surface area (Å²) < 4.78 is 5.34. The van der Waals surface area contributed by atoms with Crippen LogP contribution in [0.1, 0.15) is 34.1 Å². The number of carbonyl (C=O) groups is 1. The van der Waals surface area contributed by atoms with Crippen molar-refractivity contribution >= 4 is 12.1 Å². The van der Waals surface area contributed by atoms with E-state index >= 15 is 0 Å². The van der Waals surface area contributed by atoms with Crippen molar-refractivity contribution in [2.75, 3.05) is 13.1 Å². The van der Waals surface area contributed by atoms with Gasteiger partial charge in [0.25, 0.3) is 0 Å². The molecule has 0 radical (unpaired) electrons. The second kappa shape index (κ2) is 5.46. The molecule has 1 amide bonds. The first-order valence-electron chi connectivity index (χ1n) is 6.25. The first-order valence-corrected chi connectivity index (χ1v) is 6.25. The van der Waals surface area contributed by atoms with E-state index in [0.29, 0.717) is 13.1 Å². The average Bonchev–Trinajstić information content (AvgIpc) is 2.17. The predicted octanol–water partition coefficient (Wildman–Crippen LogP) is 0.905. The van der Waals surface area contributed by atoms with Gasteiger partial charge in [0.1, 0.15) is 5.60 Å². The fraction of sp³-hybridized carbons (Fsp3) is 0.833. The van der Waals surface area contributed by atoms with Crippen molar-refractivity contribution in [1.29, 1.82) is 0 Å². The second-order valence-electron chi connectivity index (χ2n) is 5.81. The number of nitrogens with zero attached hydrogens (tertiary/aromatic N) is 2. The maximum absolute atomic E-state index is 11.9. The lowest BCUT2D eigenvalue weighted by molar-refractivity contribution is 0.0159. The maximum atomic E-state index is 11.9. The van der Waals surface area contributed by atoms with Crippen LogP contribution in [0.4, 0.5) is 4.79 Å². The van der Waals surface area contributed by atoms with Crippen LogP contribution < -0.4 is 11.5 Å². The lowest BCUT2D eigenvalue weighted by atomic mass is 9.95. The van der Waals surface area contributed by atoms with Crippen molar-refractivity contribution in [3.8, 4) is 0 Å². The van der Waals surface area contributed by atoms with E-state index in [0.717, 1.165) is 6.42 Å². The summed E-state index contributed by atoms with van der Waals surface area (Å²) in [6, 6.07) is 0.0914. The zero-order valence-corrected chi connectivity index (χ0v) is 11.6. The van der Waals surface area contributed by atoms with Crippen molar-refractivity contribution in [2.24, 2.45) is 22.4 Å². The molecule has 0 saturated carbocycles. The van der Waals surface area contributed by atoms with Gasteiger partial charge in [-0.25, -0.2) is 9.79 Å². The molecule has 1 unspecified atom stereocenters. The Labute approximate surface area is 108 Å². The van der Waals surface area contributed by atoms with E-state index in [1.54, 1.807) is 4.90 Å². The first kappa shape index (κ1) is 14.6. The highest BCUT2D eigenvalue weighted by Crippen LogP contribution is 2.21. The number of guanidine groups is 1. The summed E-state index contributed by atoms with van der Waals surface area (Å²) in [5.74, 6) is 0.339. The highest BCUT2D eigenvalue weighted by Gasteiger charge is 2.31. The molecule has 4 N–H and O–H groups in total. The molecule has 1 aliphatic heterocycles. The highest BCUT2D eigenvalue weighted by molar-refractivity contribution is 5.76. The van der Waals surface area contributed by atoms with Gasteiger partial charge in [0.05, 0.1) is 6.04 Å². The van der Waals surface area contributed by atoms with Crippen LogP contribution in [0.2, 0.25) is 0 Å². The molecule has 0 spiro atoms. The first-order chi connectivity index (χ1) is 8.19. The molecule has 104 valence electrons. The molecular formula is C12H24N4O2. The Kier molecular flexibility index (Phi) is 4.43. The van der Waals surface area contributed by atoms with Crippen LogP contribution in [0.5, 0.6) is 0 Å². The third-order valence-corrected chi connectivity index (χ3v) is 2.83. The largest absolute Gasteiger partial charge is 0.444 e. The van der Waals surface area contributed by atoms with Crippen molar-refractivity contribution in [1.82, 2.24) is 4.90 Å². The van der Waals surface area contributed by atoms with E-state index in [1.165, 1.54) is 0 Å². The zero-order chi connectivity index (χ0) is 13.9. The average molecular weight is 256 g/mol. The van der Waals surface area contributed by atoms with Gasteiger partial charge in [-0.05, 0) is 33.1 Å². The summed E-state index contributed by atoms with van der Waals surface area (Å²) >= 11 is 0. The van der Waals surface area contributed by atoms with Gasteiger partial charge in [-0.3, -0.25) is 0 Å². The smallest absolute Gasteiger partial charge is 0.410 e. The number of ether oxygens (including phenoxy) is 1. The Bertz CT molecular complexity index is 331. The van der Waals surface area contributed by atoms with Crippen LogP contribution in [-0.4, -0.2) is 41.7 Å². The molecule has 0 aromatic heterocycles. The number of nitrogens with two attached hydrogens (primary N) is 2. The number of rotatable bonds is 1. The summed E-state index contributed by atoms with van der Waals surface area (Å²) in [5, 5.41) is 0. The number of hydrogen-bond acceptors (Lipinski definition) is 3. The Morgan fingerprint density at radius 3 is 2.44 bits per heavy atom. The van der Waals surface area contributed by atoms with Crippen LogP contribution in [-0.2, 0) is 4.74 Å². The molecule has 18 heavy (non-hydrogen) atoms. The third kappa shape index (κ3) is 4.43. The summed E-state index contributed by atoms with van der Waals surface area (Å²) in [6.45, 7) is 8.87. The van der Waals surface area contributed by atoms with Crippen molar-refractivity contribution in [3.63, 3.8) is 0 Å². The standard InChI is InChI=1S/C12H24N4O2/c1-8-7-16(11(17)18-12(2,3)4)6-5-9(8)15-10(13)14/h8-9H,5-7H2,1-4H3,(H4,13,14,15)/t8-,9?/m1/s1. The molecule has 0 aliphatic carbocycles. The molecule has 0 bridgehead atoms. The summed E-state index contributed by atoms with van der Waals surface area (Å²) in [5.41, 5.74) is 10.3. The van der Waals surface area contributed by atoms with Gasteiger partial charge < -0.3 is 21.1 Å². The van der Waals surface area contributed by atoms with Gasteiger partial charge in [-0.1, -0.05) is 6.92 Å². The lowest BCUT2D eigenvalue weighted by Crippen LogP contribution is -2.47. The van der Waals surface area contributed by atoms with Crippen LogP contribution in [0.15, 0.2) is 4.99 Å². The van der Waals surface area contributed by atoms with E-state index in [4.69, 9.17) is 16.2 Å². The molecule has 0 aromatic rings. The van der Waals surface area contributed by atoms with Crippen LogP contribution >= 0.6 is 0 Å². The lowest BCUT2D eigenvalue weighted by Gasteiger charge is -2.35. The van der Waals surface area contributed by atoms with Gasteiger partial charge >= 0.3 is 6.09 Å². The number of amides is 1. The van der Waals surface area contributed by atoms with E-state index in [2.05, 4.69) is 4.99 Å². The molecule has 0 aromatic carbocycles. The van der Waals surface area contributed by atoms with Crippen LogP contribution in [0, 0.1) is 5.92 Å². The molecule has 1 fully saturated rings. The van der Waals surface area contributed by atoms with Crippen molar-refractivity contribution in [3.05, 3.63) is 0 Å². The van der Waals surface area contributed by atoms with E-state index in [9.17, 15) is 4.79 Å². The van der Waals surface area contributed by atoms with E-state index in [1.807, 2.05) is 27.7 Å². The number of carbonyl (C=O) groups excluding carboxylic acids is 1. The number of likely N-dealkylation sites (tertiary alicyclic amines) is 1. The number of aliphatic imine (C=N–C) groups is 1. The number of piperidine rings is 1. The van der Waals surface area contributed by atoms with Crippen LogP contribution in [0.25, 0.3) is 0 Å². The maximum Gasteiger partial charge on any atom is 0.410 e. The minimum atomic E-state index is -0.461. The molecule has 6 nitrogen and oxygen atoms in total. The topological polar surface area (TPSA) is 93.9 Å². The van der Waals surface area contributed by atoms with Crippen LogP contribution in [0.3, 0.4) is 0 Å². The van der Waals surface area contributed by atoms with E-state index in [-0.39, 0.29) is 24.0 Å². The second-order valence-corrected chi connectivity index (χ2v) is 5.81. The fourth-order valence-electron chi connectivity index (χ4n) is 2.01. The Morgan fingerprint density at radius 2 is 2.00 bits per heavy atom. The molecule has 1 aliphatic rings. The molecule has 6 heteroatoms. The van der Waals surface area contributed by atoms with Gasteiger partial charge in [0.2, 0.25) is 0 Å². The third-order valence-electron chi connectivity index (χ3n) is 2.83. The molecular weight excluding hydrogens is 232 g/mol. The summed E-state index contributed by atoms with van der Waals surface area (Å²) in [6.07, 6.45) is 0.496. The predicted molar refractivity (Wildman–Crippen MR) is 71.2 cm³/mol. The normalized spacial score (nSPS) is 24.6. The zero-order valence-electron chi connectivity index (χ0n) is 11.6. The quantitative estimate of drug-likeness (QED) is 0.538. The SMILES string of the molecule is C[C@@H]1CN(C(=O)OC(C)(C)C)CCC1N=C(N)N. The molecule has 2 atom stereocenters. The molecule has 1 saturated heterocycles. The summed E-state index contributed by atoms with van der Waals surface area (Å²) in [4.78, 5) is 17.8. The van der Waals surface area contributed by atoms with Gasteiger partial charge in [0.15, 0.2) is 5.96 Å². The minimum Gasteiger partial charge on any atom is -0.444 e. The van der Waals surface area contributed by atoms with Crippen molar-refractivity contribution < 1.29 is 9.53 Å². The Hall–Kier alpha value is -1.46.